The molecule has 0 unspecified atom stereocenters. The smallest absolute Gasteiger partial charge is 0.453 e. The predicted molar refractivity (Wildman–Crippen MR) is 140 cm³/mol. The first-order valence-electron chi connectivity index (χ1n) is 13.8. The fourth-order valence-electron chi connectivity index (χ4n) is 6.65. The van der Waals surface area contributed by atoms with E-state index in [4.69, 9.17) is 18.8 Å². The van der Waals surface area contributed by atoms with Crippen molar-refractivity contribution in [2.45, 2.75) is 95.5 Å². The van der Waals surface area contributed by atoms with Gasteiger partial charge in [-0.25, -0.2) is 4.79 Å². The van der Waals surface area contributed by atoms with Crippen LogP contribution in [-0.4, -0.2) is 62.6 Å². The van der Waals surface area contributed by atoms with Crippen LogP contribution in [0.2, 0.25) is 0 Å². The summed E-state index contributed by atoms with van der Waals surface area (Å²) in [6, 6.07) is 9.48. The average molecular weight is 512 g/mol. The number of benzene rings is 1. The molecule has 1 aromatic rings. The Bertz CT molecular complexity index is 973. The van der Waals surface area contributed by atoms with Gasteiger partial charge in [0.05, 0.1) is 37.5 Å². The predicted octanol–water partition coefficient (Wildman–Crippen LogP) is 3.67. The first-order chi connectivity index (χ1) is 17.7. The van der Waals surface area contributed by atoms with Crippen molar-refractivity contribution >= 4 is 19.1 Å². The highest BCUT2D eigenvalue weighted by Gasteiger charge is 2.68. The van der Waals surface area contributed by atoms with E-state index in [0.717, 1.165) is 32.1 Å². The van der Waals surface area contributed by atoms with Gasteiger partial charge < -0.3 is 29.4 Å². The molecule has 1 aromatic carbocycles. The van der Waals surface area contributed by atoms with Gasteiger partial charge in [0.15, 0.2) is 0 Å². The molecule has 2 N–H and O–H groups in total. The van der Waals surface area contributed by atoms with E-state index in [1.54, 1.807) is 0 Å². The third-order valence-electron chi connectivity index (χ3n) is 9.27. The number of alkyl carbamates (subject to hydrolysis) is 1. The number of carbonyl (C=O) groups is 2. The van der Waals surface area contributed by atoms with Crippen LogP contribution in [0, 0.1) is 17.3 Å². The lowest BCUT2D eigenvalue weighted by Gasteiger charge is -2.64. The zero-order valence-electron chi connectivity index (χ0n) is 22.5. The van der Waals surface area contributed by atoms with Gasteiger partial charge in [0.25, 0.3) is 0 Å². The van der Waals surface area contributed by atoms with Crippen LogP contribution >= 0.6 is 0 Å². The summed E-state index contributed by atoms with van der Waals surface area (Å²) in [5, 5.41) is 5.79. The van der Waals surface area contributed by atoms with Gasteiger partial charge in [-0.15, -0.1) is 0 Å². The lowest BCUT2D eigenvalue weighted by Crippen LogP contribution is -2.65. The molecule has 2 amide bonds. The molecule has 9 heteroatoms. The van der Waals surface area contributed by atoms with Crippen LogP contribution in [0.15, 0.2) is 30.3 Å². The fraction of sp³-hybridized carbons (Fsp3) is 0.714. The van der Waals surface area contributed by atoms with E-state index in [0.29, 0.717) is 18.3 Å². The maximum Gasteiger partial charge on any atom is 0.481 e. The zero-order valence-corrected chi connectivity index (χ0v) is 22.5. The normalized spacial score (nSPS) is 31.0. The minimum atomic E-state index is -0.851. The molecule has 8 nitrogen and oxygen atoms in total. The molecule has 6 rings (SSSR count). The summed E-state index contributed by atoms with van der Waals surface area (Å²) in [6.07, 6.45) is 6.12. The molecule has 4 saturated carbocycles. The van der Waals surface area contributed by atoms with Gasteiger partial charge in [-0.05, 0) is 74.7 Å². The van der Waals surface area contributed by atoms with Gasteiger partial charge in [-0.1, -0.05) is 44.2 Å². The molecule has 1 saturated heterocycles. The average Bonchev–Trinajstić information content (AvgIpc) is 3.64. The number of hydrogen-bond donors (Lipinski definition) is 2. The van der Waals surface area contributed by atoms with Crippen molar-refractivity contribution in [1.29, 1.82) is 0 Å². The number of hydrogen-bond acceptors (Lipinski definition) is 6. The maximum absolute atomic E-state index is 13.4. The fourth-order valence-corrected chi connectivity index (χ4v) is 6.65. The molecule has 5 aliphatic rings. The molecule has 0 spiro atoms. The molecule has 37 heavy (non-hydrogen) atoms. The molecule has 6 atom stereocenters. The van der Waals surface area contributed by atoms with E-state index in [1.165, 1.54) is 19.1 Å². The lowest BCUT2D eigenvalue weighted by atomic mass is 9.43. The molecule has 4 aliphatic carbocycles. The molecule has 1 aliphatic heterocycles. The van der Waals surface area contributed by atoms with Gasteiger partial charge in [0.2, 0.25) is 5.91 Å². The summed E-state index contributed by atoms with van der Waals surface area (Å²) in [5.41, 5.74) is 1.14. The Hall–Kier alpha value is -2.10. The van der Waals surface area contributed by atoms with Crippen molar-refractivity contribution in [2.75, 3.05) is 13.7 Å². The van der Waals surface area contributed by atoms with Gasteiger partial charge in [0.1, 0.15) is 6.04 Å². The zero-order chi connectivity index (χ0) is 26.2. The number of ether oxygens (including phenoxy) is 2. The number of methoxy groups -OCH3 is 1. The lowest BCUT2D eigenvalue weighted by molar-refractivity contribution is -0.199. The van der Waals surface area contributed by atoms with Crippen LogP contribution in [0.5, 0.6) is 0 Å². The van der Waals surface area contributed by atoms with Crippen molar-refractivity contribution < 1.29 is 28.4 Å². The Balaban J connectivity index is 1.28. The first-order valence-corrected chi connectivity index (χ1v) is 13.8. The SMILES string of the molecule is COC(=O)N[C@H](COC1CC1)C(=O)N[C@@H](CCCc1ccccc1)B1O[C@@H]2C[C@@H]3C[C@@H](C3(C)C)[C@]2(C)O1. The number of carbonyl (C=O) groups excluding carboxylic acids is 2. The van der Waals surface area contributed by atoms with Crippen molar-refractivity contribution in [1.82, 2.24) is 10.6 Å². The Kier molecular flexibility index (Phi) is 7.58. The van der Waals surface area contributed by atoms with Gasteiger partial charge in [-0.2, -0.15) is 0 Å². The molecular weight excluding hydrogens is 471 g/mol. The number of rotatable bonds is 11. The monoisotopic (exact) mass is 512 g/mol. The molecule has 2 bridgehead atoms. The molecular formula is C28H41BN2O6. The van der Waals surface area contributed by atoms with Crippen LogP contribution in [0.3, 0.4) is 0 Å². The van der Waals surface area contributed by atoms with Crippen LogP contribution in [-0.2, 0) is 30.0 Å². The van der Waals surface area contributed by atoms with Crippen molar-refractivity contribution in [3.63, 3.8) is 0 Å². The first kappa shape index (κ1) is 26.5. The minimum absolute atomic E-state index is 0.0324. The van der Waals surface area contributed by atoms with E-state index >= 15 is 0 Å². The van der Waals surface area contributed by atoms with Crippen molar-refractivity contribution in [2.24, 2.45) is 17.3 Å². The van der Waals surface area contributed by atoms with Gasteiger partial charge >= 0.3 is 13.2 Å². The van der Waals surface area contributed by atoms with E-state index in [1.807, 2.05) is 18.2 Å². The van der Waals surface area contributed by atoms with Crippen molar-refractivity contribution in [3.05, 3.63) is 35.9 Å². The van der Waals surface area contributed by atoms with Gasteiger partial charge in [-0.3, -0.25) is 4.79 Å². The Morgan fingerprint density at radius 2 is 1.89 bits per heavy atom. The van der Waals surface area contributed by atoms with Crippen molar-refractivity contribution in [3.8, 4) is 0 Å². The maximum atomic E-state index is 13.4. The molecule has 5 fully saturated rings. The van der Waals surface area contributed by atoms with Crippen LogP contribution in [0.1, 0.15) is 64.9 Å². The Labute approximate surface area is 220 Å². The third-order valence-corrected chi connectivity index (χ3v) is 9.27. The highest BCUT2D eigenvalue weighted by atomic mass is 16.7. The van der Waals surface area contributed by atoms with Crippen LogP contribution < -0.4 is 10.6 Å². The second-order valence-corrected chi connectivity index (χ2v) is 12.1. The second-order valence-electron chi connectivity index (χ2n) is 12.1. The minimum Gasteiger partial charge on any atom is -0.453 e. The van der Waals surface area contributed by atoms with E-state index in [9.17, 15) is 9.59 Å². The topological polar surface area (TPSA) is 95.1 Å². The second kappa shape index (κ2) is 10.6. The molecule has 0 aromatic heterocycles. The summed E-state index contributed by atoms with van der Waals surface area (Å²) in [5.74, 6) is 0.432. The molecule has 1 heterocycles. The molecule has 0 radical (unpaired) electrons. The summed E-state index contributed by atoms with van der Waals surface area (Å²) < 4.78 is 23.8. The highest BCUT2D eigenvalue weighted by molar-refractivity contribution is 6.47. The number of nitrogens with one attached hydrogen (secondary N) is 2. The summed E-state index contributed by atoms with van der Waals surface area (Å²) in [4.78, 5) is 25.4. The summed E-state index contributed by atoms with van der Waals surface area (Å²) in [6.45, 7) is 6.97. The number of amides is 2. The quantitative estimate of drug-likeness (QED) is 0.440. The summed E-state index contributed by atoms with van der Waals surface area (Å²) in [7, 11) is 0.751. The summed E-state index contributed by atoms with van der Waals surface area (Å²) >= 11 is 0. The van der Waals surface area contributed by atoms with E-state index in [-0.39, 0.29) is 41.7 Å². The van der Waals surface area contributed by atoms with Gasteiger partial charge in [0, 0.05) is 0 Å². The third kappa shape index (κ3) is 5.54. The molecule has 202 valence electrons. The standard InChI is InChI=1S/C28H41BN2O6/c1-27(2)19-15-22(27)28(3)23(16-19)36-29(37-28)24(12-8-11-18-9-6-5-7-10-18)31-25(32)21(30-26(33)34-4)17-35-20-13-14-20/h5-7,9-10,19-24H,8,11-17H2,1-4H3,(H,30,33)(H,31,32)/t19-,21+,22-,23+,24-,28-/m0/s1. The van der Waals surface area contributed by atoms with Crippen LogP contribution in [0.4, 0.5) is 4.79 Å². The van der Waals surface area contributed by atoms with Crippen LogP contribution in [0.25, 0.3) is 0 Å². The highest BCUT2D eigenvalue weighted by Crippen LogP contribution is 2.65. The van der Waals surface area contributed by atoms with E-state index < -0.39 is 19.3 Å². The van der Waals surface area contributed by atoms with E-state index in [2.05, 4.69) is 43.5 Å². The number of aryl methyl sites for hydroxylation is 1. The Morgan fingerprint density at radius 3 is 2.57 bits per heavy atom. The largest absolute Gasteiger partial charge is 0.481 e. The Morgan fingerprint density at radius 1 is 1.14 bits per heavy atom.